The van der Waals surface area contributed by atoms with E-state index in [2.05, 4.69) is 42.0 Å². The van der Waals surface area contributed by atoms with Crippen LogP contribution < -0.4 is 5.73 Å². The number of benzene rings is 1. The summed E-state index contributed by atoms with van der Waals surface area (Å²) in [6.07, 6.45) is 2.67. The van der Waals surface area contributed by atoms with E-state index in [1.54, 1.807) is 0 Å². The number of hydrogen-bond donors (Lipinski definition) is 2. The summed E-state index contributed by atoms with van der Waals surface area (Å²) in [5.74, 6) is 0.954. The number of rotatable bonds is 3. The Morgan fingerprint density at radius 3 is 2.76 bits per heavy atom. The van der Waals surface area contributed by atoms with Crippen LogP contribution in [0.1, 0.15) is 23.9 Å². The van der Waals surface area contributed by atoms with Crippen molar-refractivity contribution in [2.24, 2.45) is 5.73 Å². The normalized spacial score (nSPS) is 12.7. The van der Waals surface area contributed by atoms with E-state index in [0.29, 0.717) is 0 Å². The number of H-pyrrole nitrogens is 1. The minimum absolute atomic E-state index is 0.133. The summed E-state index contributed by atoms with van der Waals surface area (Å²) in [5.41, 5.74) is 10.6. The molecule has 0 saturated heterocycles. The molecule has 3 nitrogen and oxygen atoms in total. The van der Waals surface area contributed by atoms with Crippen LogP contribution in [0.2, 0.25) is 0 Å². The lowest BCUT2D eigenvalue weighted by Gasteiger charge is -2.04. The van der Waals surface area contributed by atoms with E-state index >= 15 is 0 Å². The van der Waals surface area contributed by atoms with Crippen LogP contribution in [0.15, 0.2) is 24.4 Å². The van der Waals surface area contributed by atoms with Crippen molar-refractivity contribution in [2.45, 2.75) is 33.2 Å². The number of nitrogens with two attached hydrogens (primary N) is 1. The number of hydrogen-bond acceptors (Lipinski definition) is 2. The highest BCUT2D eigenvalue weighted by Crippen LogP contribution is 2.22. The van der Waals surface area contributed by atoms with Gasteiger partial charge in [0.25, 0.3) is 0 Å². The quantitative estimate of drug-likeness (QED) is 0.850. The first-order valence-corrected chi connectivity index (χ1v) is 5.93. The van der Waals surface area contributed by atoms with Crippen LogP contribution in [0.5, 0.6) is 0 Å². The van der Waals surface area contributed by atoms with E-state index in [1.807, 2.05) is 13.1 Å². The monoisotopic (exact) mass is 229 g/mol. The molecule has 0 aliphatic carbocycles. The first kappa shape index (κ1) is 11.9. The molecule has 0 aliphatic heterocycles. The van der Waals surface area contributed by atoms with Gasteiger partial charge in [-0.2, -0.15) is 0 Å². The van der Waals surface area contributed by atoms with Crippen molar-refractivity contribution in [3.05, 3.63) is 41.3 Å². The van der Waals surface area contributed by atoms with E-state index in [-0.39, 0.29) is 6.04 Å². The summed E-state index contributed by atoms with van der Waals surface area (Å²) < 4.78 is 0. The molecule has 90 valence electrons. The van der Waals surface area contributed by atoms with Crippen molar-refractivity contribution in [2.75, 3.05) is 0 Å². The average molecular weight is 229 g/mol. The molecule has 1 heterocycles. The fourth-order valence-electron chi connectivity index (χ4n) is 2.02. The molecule has 0 fully saturated rings. The van der Waals surface area contributed by atoms with E-state index in [1.165, 1.54) is 16.7 Å². The zero-order valence-electron chi connectivity index (χ0n) is 10.6. The highest BCUT2D eigenvalue weighted by molar-refractivity contribution is 5.63. The highest BCUT2D eigenvalue weighted by atomic mass is 14.9. The summed E-state index contributed by atoms with van der Waals surface area (Å²) in [5, 5.41) is 0. The second-order valence-electron chi connectivity index (χ2n) is 4.74. The standard InChI is InChI=1S/C14H19N3/c1-9-4-5-12(10(2)6-9)13-8-16-14(17-13)7-11(3)15/h4-6,8,11H,7,15H2,1-3H3,(H,16,17). The molecule has 0 radical (unpaired) electrons. The molecule has 17 heavy (non-hydrogen) atoms. The van der Waals surface area contributed by atoms with Crippen LogP contribution in [-0.2, 0) is 6.42 Å². The Kier molecular flexibility index (Phi) is 3.29. The molecule has 0 aliphatic rings. The van der Waals surface area contributed by atoms with Gasteiger partial charge in [-0.3, -0.25) is 0 Å². The van der Waals surface area contributed by atoms with Crippen molar-refractivity contribution in [3.8, 4) is 11.3 Å². The molecular weight excluding hydrogens is 210 g/mol. The second kappa shape index (κ2) is 4.72. The van der Waals surface area contributed by atoms with E-state index in [0.717, 1.165) is 17.9 Å². The summed E-state index contributed by atoms with van der Waals surface area (Å²) in [6.45, 7) is 6.21. The minimum Gasteiger partial charge on any atom is -0.342 e. The Morgan fingerprint density at radius 2 is 2.12 bits per heavy atom. The van der Waals surface area contributed by atoms with Gasteiger partial charge in [0.15, 0.2) is 0 Å². The lowest BCUT2D eigenvalue weighted by molar-refractivity contribution is 0.710. The van der Waals surface area contributed by atoms with Crippen LogP contribution in [0.25, 0.3) is 11.3 Å². The maximum atomic E-state index is 5.76. The molecule has 1 atom stereocenters. The van der Waals surface area contributed by atoms with Gasteiger partial charge in [0.05, 0.1) is 11.9 Å². The van der Waals surface area contributed by atoms with Gasteiger partial charge < -0.3 is 10.7 Å². The van der Waals surface area contributed by atoms with Gasteiger partial charge in [-0.1, -0.05) is 23.8 Å². The number of aryl methyl sites for hydroxylation is 2. The Morgan fingerprint density at radius 1 is 1.35 bits per heavy atom. The summed E-state index contributed by atoms with van der Waals surface area (Å²) in [6, 6.07) is 6.57. The number of aromatic nitrogens is 2. The largest absolute Gasteiger partial charge is 0.342 e. The van der Waals surface area contributed by atoms with Crippen LogP contribution in [-0.4, -0.2) is 16.0 Å². The first-order valence-electron chi connectivity index (χ1n) is 5.93. The highest BCUT2D eigenvalue weighted by Gasteiger charge is 2.07. The molecule has 0 spiro atoms. The Bertz CT molecular complexity index is 512. The van der Waals surface area contributed by atoms with Crippen molar-refractivity contribution in [1.82, 2.24) is 9.97 Å². The van der Waals surface area contributed by atoms with Crippen LogP contribution in [0, 0.1) is 13.8 Å². The molecular formula is C14H19N3. The Labute approximate surface area is 102 Å². The van der Waals surface area contributed by atoms with Gasteiger partial charge in [-0.15, -0.1) is 0 Å². The Hall–Kier alpha value is -1.61. The maximum absolute atomic E-state index is 5.76. The third-order valence-electron chi connectivity index (χ3n) is 2.82. The lowest BCUT2D eigenvalue weighted by Crippen LogP contribution is -2.18. The number of nitrogens with one attached hydrogen (secondary N) is 1. The minimum atomic E-state index is 0.133. The van der Waals surface area contributed by atoms with Crippen molar-refractivity contribution in [1.29, 1.82) is 0 Å². The molecule has 0 saturated carbocycles. The van der Waals surface area contributed by atoms with Gasteiger partial charge in [0.1, 0.15) is 5.82 Å². The van der Waals surface area contributed by atoms with Crippen molar-refractivity contribution < 1.29 is 0 Å². The topological polar surface area (TPSA) is 54.7 Å². The van der Waals surface area contributed by atoms with Gasteiger partial charge >= 0.3 is 0 Å². The zero-order valence-corrected chi connectivity index (χ0v) is 10.6. The van der Waals surface area contributed by atoms with Gasteiger partial charge in [0.2, 0.25) is 0 Å². The van der Waals surface area contributed by atoms with Crippen molar-refractivity contribution >= 4 is 0 Å². The van der Waals surface area contributed by atoms with Crippen molar-refractivity contribution in [3.63, 3.8) is 0 Å². The fourth-order valence-corrected chi connectivity index (χ4v) is 2.02. The Balaban J connectivity index is 2.30. The van der Waals surface area contributed by atoms with E-state index in [9.17, 15) is 0 Å². The fraction of sp³-hybridized carbons (Fsp3) is 0.357. The van der Waals surface area contributed by atoms with Gasteiger partial charge in [0, 0.05) is 18.0 Å². The van der Waals surface area contributed by atoms with Crippen LogP contribution in [0.3, 0.4) is 0 Å². The maximum Gasteiger partial charge on any atom is 0.108 e. The number of nitrogens with zero attached hydrogens (tertiary/aromatic N) is 1. The van der Waals surface area contributed by atoms with Gasteiger partial charge in [-0.25, -0.2) is 4.98 Å². The lowest BCUT2D eigenvalue weighted by atomic mass is 10.0. The second-order valence-corrected chi connectivity index (χ2v) is 4.74. The molecule has 3 N–H and O–H groups in total. The van der Waals surface area contributed by atoms with Crippen LogP contribution >= 0.6 is 0 Å². The third kappa shape index (κ3) is 2.74. The summed E-state index contributed by atoms with van der Waals surface area (Å²) in [7, 11) is 0. The van der Waals surface area contributed by atoms with E-state index in [4.69, 9.17) is 5.73 Å². The first-order chi connectivity index (χ1) is 8.06. The molecule has 2 rings (SSSR count). The molecule has 3 heteroatoms. The SMILES string of the molecule is Cc1ccc(-c2cnc(CC(C)N)[nH]2)c(C)c1. The smallest absolute Gasteiger partial charge is 0.108 e. The molecule has 2 aromatic rings. The number of aromatic amines is 1. The molecule has 1 unspecified atom stereocenters. The summed E-state index contributed by atoms with van der Waals surface area (Å²) >= 11 is 0. The molecule has 1 aromatic carbocycles. The summed E-state index contributed by atoms with van der Waals surface area (Å²) in [4.78, 5) is 7.69. The predicted octanol–water partition coefficient (Wildman–Crippen LogP) is 2.58. The molecule has 0 amide bonds. The van der Waals surface area contributed by atoms with Crippen LogP contribution in [0.4, 0.5) is 0 Å². The molecule has 1 aromatic heterocycles. The third-order valence-corrected chi connectivity index (χ3v) is 2.82. The van der Waals surface area contributed by atoms with E-state index < -0.39 is 0 Å². The number of imidazole rings is 1. The predicted molar refractivity (Wildman–Crippen MR) is 70.9 cm³/mol. The zero-order chi connectivity index (χ0) is 12.4. The van der Waals surface area contributed by atoms with Gasteiger partial charge in [-0.05, 0) is 26.3 Å². The average Bonchev–Trinajstić information content (AvgIpc) is 2.65. The molecule has 0 bridgehead atoms.